The second-order valence-electron chi connectivity index (χ2n) is 6.69. The number of aliphatic hydroxyl groups excluding tert-OH is 1. The SMILES string of the molecule is CC(C)CCNCC(O)Cn1c2ccccc2c2ccccc21.Cl. The second kappa shape index (κ2) is 8.52. The topological polar surface area (TPSA) is 37.2 Å². The molecule has 4 heteroatoms. The van der Waals surface area contributed by atoms with Crippen LogP contribution in [0.4, 0.5) is 0 Å². The van der Waals surface area contributed by atoms with Gasteiger partial charge < -0.3 is 15.0 Å². The first-order valence-corrected chi connectivity index (χ1v) is 8.51. The van der Waals surface area contributed by atoms with Crippen LogP contribution >= 0.6 is 12.4 Å². The van der Waals surface area contributed by atoms with Crippen molar-refractivity contribution in [3.63, 3.8) is 0 Å². The van der Waals surface area contributed by atoms with Crippen molar-refractivity contribution in [3.05, 3.63) is 48.5 Å². The average molecular weight is 347 g/mol. The number of rotatable bonds is 7. The Hall–Kier alpha value is -1.55. The molecule has 1 aromatic heterocycles. The Bertz CT molecular complexity index is 728. The number of para-hydroxylation sites is 2. The summed E-state index contributed by atoms with van der Waals surface area (Å²) >= 11 is 0. The Kier molecular flexibility index (Phi) is 6.67. The molecule has 0 aliphatic carbocycles. The normalized spacial score (nSPS) is 12.7. The van der Waals surface area contributed by atoms with Crippen molar-refractivity contribution in [2.45, 2.75) is 32.9 Å². The fourth-order valence-corrected chi connectivity index (χ4v) is 3.13. The third-order valence-electron chi connectivity index (χ3n) is 4.35. The molecular formula is C20H27ClN2O. The summed E-state index contributed by atoms with van der Waals surface area (Å²) in [6.07, 6.45) is 0.753. The van der Waals surface area contributed by atoms with E-state index in [4.69, 9.17) is 0 Å². The van der Waals surface area contributed by atoms with Crippen LogP contribution in [0.3, 0.4) is 0 Å². The van der Waals surface area contributed by atoms with Crippen molar-refractivity contribution in [2.24, 2.45) is 5.92 Å². The summed E-state index contributed by atoms with van der Waals surface area (Å²) in [5, 5.41) is 16.3. The molecule has 2 N–H and O–H groups in total. The van der Waals surface area contributed by atoms with Gasteiger partial charge in [-0.3, -0.25) is 0 Å². The van der Waals surface area contributed by atoms with Gasteiger partial charge in [0.1, 0.15) is 0 Å². The molecule has 0 bridgehead atoms. The summed E-state index contributed by atoms with van der Waals surface area (Å²) in [4.78, 5) is 0. The summed E-state index contributed by atoms with van der Waals surface area (Å²) in [7, 11) is 0. The Labute approximate surface area is 150 Å². The molecule has 1 atom stereocenters. The van der Waals surface area contributed by atoms with Crippen LogP contribution in [-0.4, -0.2) is 28.9 Å². The van der Waals surface area contributed by atoms with Gasteiger partial charge in [-0.1, -0.05) is 50.2 Å². The number of halogens is 1. The summed E-state index contributed by atoms with van der Waals surface area (Å²) < 4.78 is 2.24. The highest BCUT2D eigenvalue weighted by atomic mass is 35.5. The molecule has 0 saturated carbocycles. The van der Waals surface area contributed by atoms with Crippen molar-refractivity contribution in [3.8, 4) is 0 Å². The van der Waals surface area contributed by atoms with Gasteiger partial charge in [-0.05, 0) is 31.0 Å². The van der Waals surface area contributed by atoms with E-state index in [1.807, 2.05) is 0 Å². The fraction of sp³-hybridized carbons (Fsp3) is 0.400. The Morgan fingerprint density at radius 3 is 2.04 bits per heavy atom. The van der Waals surface area contributed by atoms with Crippen LogP contribution in [0, 0.1) is 5.92 Å². The third kappa shape index (κ3) is 4.10. The van der Waals surface area contributed by atoms with E-state index in [1.165, 1.54) is 21.8 Å². The zero-order valence-corrected chi connectivity index (χ0v) is 15.2. The van der Waals surface area contributed by atoms with E-state index < -0.39 is 0 Å². The highest BCUT2D eigenvalue weighted by Gasteiger charge is 2.12. The Balaban J connectivity index is 0.00000208. The Morgan fingerprint density at radius 1 is 0.958 bits per heavy atom. The molecule has 0 fully saturated rings. The van der Waals surface area contributed by atoms with Crippen molar-refractivity contribution in [1.82, 2.24) is 9.88 Å². The lowest BCUT2D eigenvalue weighted by Gasteiger charge is -2.15. The van der Waals surface area contributed by atoms with Crippen molar-refractivity contribution >= 4 is 34.2 Å². The number of nitrogens with zero attached hydrogens (tertiary/aromatic N) is 1. The predicted molar refractivity (Wildman–Crippen MR) is 105 cm³/mol. The van der Waals surface area contributed by atoms with E-state index in [0.717, 1.165) is 13.0 Å². The van der Waals surface area contributed by atoms with Gasteiger partial charge in [0.15, 0.2) is 0 Å². The monoisotopic (exact) mass is 346 g/mol. The minimum Gasteiger partial charge on any atom is -0.390 e. The van der Waals surface area contributed by atoms with Crippen molar-refractivity contribution < 1.29 is 5.11 Å². The highest BCUT2D eigenvalue weighted by Crippen LogP contribution is 2.28. The first-order valence-electron chi connectivity index (χ1n) is 8.51. The van der Waals surface area contributed by atoms with E-state index in [0.29, 0.717) is 19.0 Å². The molecule has 3 rings (SSSR count). The number of benzene rings is 2. The fourth-order valence-electron chi connectivity index (χ4n) is 3.13. The first kappa shape index (κ1) is 18.8. The molecule has 0 amide bonds. The third-order valence-corrected chi connectivity index (χ3v) is 4.35. The lowest BCUT2D eigenvalue weighted by molar-refractivity contribution is 0.154. The lowest BCUT2D eigenvalue weighted by atomic mass is 10.1. The zero-order chi connectivity index (χ0) is 16.2. The summed E-state index contributed by atoms with van der Waals surface area (Å²) in [6.45, 7) is 6.64. The van der Waals surface area contributed by atoms with Gasteiger partial charge in [-0.15, -0.1) is 12.4 Å². The quantitative estimate of drug-likeness (QED) is 0.629. The van der Waals surface area contributed by atoms with Crippen LogP contribution in [0.1, 0.15) is 20.3 Å². The summed E-state index contributed by atoms with van der Waals surface area (Å²) in [5.74, 6) is 0.692. The smallest absolute Gasteiger partial charge is 0.0843 e. The van der Waals surface area contributed by atoms with E-state index in [2.05, 4.69) is 72.3 Å². The van der Waals surface area contributed by atoms with E-state index in [1.54, 1.807) is 0 Å². The first-order chi connectivity index (χ1) is 11.2. The van der Waals surface area contributed by atoms with Gasteiger partial charge >= 0.3 is 0 Å². The minimum absolute atomic E-state index is 0. The zero-order valence-electron chi connectivity index (χ0n) is 14.4. The molecular weight excluding hydrogens is 320 g/mol. The molecule has 3 nitrogen and oxygen atoms in total. The van der Waals surface area contributed by atoms with Gasteiger partial charge in [-0.25, -0.2) is 0 Å². The maximum absolute atomic E-state index is 10.4. The average Bonchev–Trinajstić information content (AvgIpc) is 2.86. The maximum atomic E-state index is 10.4. The van der Waals surface area contributed by atoms with Crippen LogP contribution in [0.5, 0.6) is 0 Å². The predicted octanol–water partition coefficient (Wildman–Crippen LogP) is 4.21. The maximum Gasteiger partial charge on any atom is 0.0843 e. The van der Waals surface area contributed by atoms with Gasteiger partial charge in [0, 0.05) is 28.4 Å². The molecule has 0 aliphatic heterocycles. The van der Waals surface area contributed by atoms with E-state index >= 15 is 0 Å². The van der Waals surface area contributed by atoms with E-state index in [-0.39, 0.29) is 18.5 Å². The van der Waals surface area contributed by atoms with Crippen molar-refractivity contribution in [2.75, 3.05) is 13.1 Å². The lowest BCUT2D eigenvalue weighted by Crippen LogP contribution is -2.31. The van der Waals surface area contributed by atoms with Crippen LogP contribution in [0.15, 0.2) is 48.5 Å². The van der Waals surface area contributed by atoms with Crippen LogP contribution in [-0.2, 0) is 6.54 Å². The molecule has 2 aromatic carbocycles. The molecule has 130 valence electrons. The standard InChI is InChI=1S/C20H26N2O.ClH/c1-15(2)11-12-21-13-16(23)14-22-19-9-5-3-7-17(19)18-8-4-6-10-20(18)22;/h3-10,15-16,21,23H,11-14H2,1-2H3;1H. The number of nitrogens with one attached hydrogen (secondary N) is 1. The summed E-state index contributed by atoms with van der Waals surface area (Å²) in [5.41, 5.74) is 2.38. The van der Waals surface area contributed by atoms with Crippen LogP contribution in [0.2, 0.25) is 0 Å². The molecule has 24 heavy (non-hydrogen) atoms. The Morgan fingerprint density at radius 2 is 1.50 bits per heavy atom. The van der Waals surface area contributed by atoms with Crippen LogP contribution < -0.4 is 5.32 Å². The highest BCUT2D eigenvalue weighted by molar-refractivity contribution is 6.07. The number of aliphatic hydroxyl groups is 1. The molecule has 0 saturated heterocycles. The van der Waals surface area contributed by atoms with E-state index in [9.17, 15) is 5.11 Å². The molecule has 1 heterocycles. The van der Waals surface area contributed by atoms with Crippen molar-refractivity contribution in [1.29, 1.82) is 0 Å². The molecule has 0 radical (unpaired) electrons. The van der Waals surface area contributed by atoms with Gasteiger partial charge in [0.05, 0.1) is 12.6 Å². The number of aromatic nitrogens is 1. The summed E-state index contributed by atoms with van der Waals surface area (Å²) in [6, 6.07) is 16.8. The van der Waals surface area contributed by atoms with Gasteiger partial charge in [0.2, 0.25) is 0 Å². The molecule has 0 spiro atoms. The molecule has 1 unspecified atom stereocenters. The van der Waals surface area contributed by atoms with Gasteiger partial charge in [-0.2, -0.15) is 0 Å². The molecule has 0 aliphatic rings. The molecule has 3 aromatic rings. The second-order valence-corrected chi connectivity index (χ2v) is 6.69. The number of hydrogen-bond acceptors (Lipinski definition) is 2. The minimum atomic E-state index is -0.388. The van der Waals surface area contributed by atoms with Gasteiger partial charge in [0.25, 0.3) is 0 Å². The largest absolute Gasteiger partial charge is 0.390 e. The number of fused-ring (bicyclic) bond motifs is 3. The number of hydrogen-bond donors (Lipinski definition) is 2. The van der Waals surface area contributed by atoms with Crippen LogP contribution in [0.25, 0.3) is 21.8 Å².